The van der Waals surface area contributed by atoms with Gasteiger partial charge in [0.05, 0.1) is 0 Å². The molecular formula is C8H8O4P+. The second kappa shape index (κ2) is 4.48. The monoisotopic (exact) mass is 199 g/mol. The molecule has 0 spiro atoms. The van der Waals surface area contributed by atoms with Gasteiger partial charge in [-0.15, -0.1) is 0 Å². The predicted octanol–water partition coefficient (Wildman–Crippen LogP) is 2.59. The molecule has 1 atom stereocenters. The van der Waals surface area contributed by atoms with Crippen molar-refractivity contribution in [2.45, 2.75) is 0 Å². The summed E-state index contributed by atoms with van der Waals surface area (Å²) in [5.41, 5.74) is 0. The number of hydrogen-bond donors (Lipinski definition) is 1. The van der Waals surface area contributed by atoms with Crippen molar-refractivity contribution in [2.75, 3.05) is 0 Å². The van der Waals surface area contributed by atoms with Crippen LogP contribution < -0.4 is 4.52 Å². The van der Waals surface area contributed by atoms with Gasteiger partial charge in [0.1, 0.15) is 12.0 Å². The zero-order valence-corrected chi connectivity index (χ0v) is 7.61. The van der Waals surface area contributed by atoms with Crippen molar-refractivity contribution in [3.8, 4) is 11.5 Å². The predicted molar refractivity (Wildman–Crippen MR) is 47.6 cm³/mol. The van der Waals surface area contributed by atoms with E-state index in [9.17, 15) is 4.57 Å². The fourth-order valence-electron chi connectivity index (χ4n) is 0.709. The van der Waals surface area contributed by atoms with Gasteiger partial charge in [0.25, 0.3) is 0 Å². The average molecular weight is 199 g/mol. The smallest absolute Gasteiger partial charge is 0.508 e. The molecular weight excluding hydrogens is 191 g/mol. The molecule has 0 saturated carbocycles. The maximum absolute atomic E-state index is 10.9. The standard InChI is InChI=1S/C8H7O4P/c1-2-11-13(10)12-8-5-3-4-7(9)6-8/h2-6H,1H2/p+1. The first kappa shape index (κ1) is 9.55. The molecule has 68 valence electrons. The summed E-state index contributed by atoms with van der Waals surface area (Å²) >= 11 is 0. The molecule has 4 nitrogen and oxygen atoms in total. The van der Waals surface area contributed by atoms with Crippen LogP contribution in [0.2, 0.25) is 0 Å². The van der Waals surface area contributed by atoms with Gasteiger partial charge in [-0.2, -0.15) is 0 Å². The fourth-order valence-corrected chi connectivity index (χ4v) is 1.16. The minimum atomic E-state index is -2.25. The lowest BCUT2D eigenvalue weighted by molar-refractivity contribution is 0.383. The first-order chi connectivity index (χ1) is 6.22. The van der Waals surface area contributed by atoms with Gasteiger partial charge in [0, 0.05) is 10.6 Å². The Labute approximate surface area is 76.4 Å². The van der Waals surface area contributed by atoms with Gasteiger partial charge in [-0.25, -0.2) is 9.05 Å². The van der Waals surface area contributed by atoms with Gasteiger partial charge in [0.2, 0.25) is 0 Å². The second-order valence-electron chi connectivity index (χ2n) is 2.08. The van der Waals surface area contributed by atoms with Gasteiger partial charge >= 0.3 is 8.25 Å². The maximum Gasteiger partial charge on any atom is 0.804 e. The molecule has 0 aliphatic carbocycles. The molecule has 1 aromatic rings. The average Bonchev–Trinajstić information content (AvgIpc) is 2.04. The Morgan fingerprint density at radius 2 is 2.31 bits per heavy atom. The molecule has 1 N–H and O–H groups in total. The first-order valence-corrected chi connectivity index (χ1v) is 4.54. The van der Waals surface area contributed by atoms with Crippen LogP contribution in [0.5, 0.6) is 11.5 Å². The number of aromatic hydroxyl groups is 1. The topological polar surface area (TPSA) is 55.8 Å². The molecule has 0 amide bonds. The largest absolute Gasteiger partial charge is 0.804 e. The van der Waals surface area contributed by atoms with E-state index < -0.39 is 8.25 Å². The SMILES string of the molecule is C=CO[P+](=O)Oc1cccc(O)c1. The lowest BCUT2D eigenvalue weighted by Gasteiger charge is -1.92. The molecule has 0 aliphatic rings. The summed E-state index contributed by atoms with van der Waals surface area (Å²) in [6.45, 7) is 3.22. The molecule has 1 unspecified atom stereocenters. The number of phenolic OH excluding ortho intramolecular Hbond substituents is 1. The summed E-state index contributed by atoms with van der Waals surface area (Å²) in [5.74, 6) is 0.322. The lowest BCUT2D eigenvalue weighted by Crippen LogP contribution is -1.81. The third-order valence-corrected chi connectivity index (χ3v) is 1.84. The zero-order chi connectivity index (χ0) is 9.68. The minimum Gasteiger partial charge on any atom is -0.508 e. The highest BCUT2D eigenvalue weighted by Gasteiger charge is 2.20. The molecule has 0 aliphatic heterocycles. The Morgan fingerprint density at radius 3 is 2.92 bits per heavy atom. The van der Waals surface area contributed by atoms with Crippen LogP contribution >= 0.6 is 8.25 Å². The molecule has 1 aromatic carbocycles. The van der Waals surface area contributed by atoms with E-state index in [0.29, 0.717) is 0 Å². The molecule has 0 bridgehead atoms. The summed E-state index contributed by atoms with van der Waals surface area (Å²) in [6, 6.07) is 5.94. The van der Waals surface area contributed by atoms with E-state index in [1.807, 2.05) is 0 Å². The van der Waals surface area contributed by atoms with Gasteiger partial charge in [-0.05, 0) is 12.1 Å². The van der Waals surface area contributed by atoms with Crippen LogP contribution in [0.1, 0.15) is 0 Å². The molecule has 5 heteroatoms. The quantitative estimate of drug-likeness (QED) is 0.598. The number of benzene rings is 1. The highest BCUT2D eigenvalue weighted by Crippen LogP contribution is 2.29. The van der Waals surface area contributed by atoms with Crippen LogP contribution in [0.4, 0.5) is 0 Å². The van der Waals surface area contributed by atoms with Crippen LogP contribution in [-0.4, -0.2) is 5.11 Å². The highest BCUT2D eigenvalue weighted by atomic mass is 31.1. The van der Waals surface area contributed by atoms with Crippen molar-refractivity contribution in [3.05, 3.63) is 37.1 Å². The van der Waals surface area contributed by atoms with E-state index in [-0.39, 0.29) is 11.5 Å². The molecule has 1 rings (SSSR count). The molecule has 0 saturated heterocycles. The third kappa shape index (κ3) is 3.13. The van der Waals surface area contributed by atoms with E-state index in [1.54, 1.807) is 12.1 Å². The summed E-state index contributed by atoms with van der Waals surface area (Å²) in [4.78, 5) is 0. The Bertz CT molecular complexity index is 324. The molecule has 0 radical (unpaired) electrons. The molecule has 0 heterocycles. The van der Waals surface area contributed by atoms with E-state index >= 15 is 0 Å². The summed E-state index contributed by atoms with van der Waals surface area (Å²) in [6.07, 6.45) is 1.03. The Hall–Kier alpha value is -1.54. The van der Waals surface area contributed by atoms with Crippen molar-refractivity contribution in [3.63, 3.8) is 0 Å². The highest BCUT2D eigenvalue weighted by molar-refractivity contribution is 7.33. The third-order valence-electron chi connectivity index (χ3n) is 1.16. The normalized spacial score (nSPS) is 10.3. The maximum atomic E-state index is 10.9. The number of phenols is 1. The minimum absolute atomic E-state index is 0.0412. The van der Waals surface area contributed by atoms with E-state index in [1.165, 1.54) is 12.1 Å². The van der Waals surface area contributed by atoms with Crippen molar-refractivity contribution in [2.24, 2.45) is 0 Å². The number of rotatable bonds is 4. The first-order valence-electron chi connectivity index (χ1n) is 3.44. The van der Waals surface area contributed by atoms with Crippen LogP contribution in [0.3, 0.4) is 0 Å². The van der Waals surface area contributed by atoms with Crippen LogP contribution in [0, 0.1) is 0 Å². The van der Waals surface area contributed by atoms with Crippen molar-refractivity contribution < 1.29 is 18.7 Å². The Balaban J connectivity index is 2.63. The van der Waals surface area contributed by atoms with Gasteiger partial charge < -0.3 is 5.11 Å². The number of hydrogen-bond acceptors (Lipinski definition) is 4. The lowest BCUT2D eigenvalue weighted by atomic mass is 10.3. The van der Waals surface area contributed by atoms with E-state index in [4.69, 9.17) is 9.63 Å². The van der Waals surface area contributed by atoms with Crippen molar-refractivity contribution >= 4 is 8.25 Å². The van der Waals surface area contributed by atoms with Crippen LogP contribution in [0.15, 0.2) is 37.1 Å². The van der Waals surface area contributed by atoms with Crippen molar-refractivity contribution in [1.29, 1.82) is 0 Å². The summed E-state index contributed by atoms with van der Waals surface area (Å²) in [5, 5.41) is 9.02. The van der Waals surface area contributed by atoms with Crippen molar-refractivity contribution in [1.82, 2.24) is 0 Å². The van der Waals surface area contributed by atoms with Crippen LogP contribution in [0.25, 0.3) is 0 Å². The molecule has 0 fully saturated rings. The molecule has 0 aromatic heterocycles. The fraction of sp³-hybridized carbons (Fsp3) is 0. The summed E-state index contributed by atoms with van der Waals surface area (Å²) < 4.78 is 20.1. The summed E-state index contributed by atoms with van der Waals surface area (Å²) in [7, 11) is -2.25. The van der Waals surface area contributed by atoms with Gasteiger partial charge in [0.15, 0.2) is 5.75 Å². The van der Waals surface area contributed by atoms with Crippen LogP contribution in [-0.2, 0) is 9.09 Å². The zero-order valence-electron chi connectivity index (χ0n) is 6.71. The van der Waals surface area contributed by atoms with E-state index in [0.717, 1.165) is 6.26 Å². The second-order valence-corrected chi connectivity index (χ2v) is 2.92. The molecule has 13 heavy (non-hydrogen) atoms. The Morgan fingerprint density at radius 1 is 1.54 bits per heavy atom. The Kier molecular flexibility index (Phi) is 3.29. The van der Waals surface area contributed by atoms with E-state index in [2.05, 4.69) is 11.1 Å². The van der Waals surface area contributed by atoms with Gasteiger partial charge in [-0.3, -0.25) is 0 Å². The van der Waals surface area contributed by atoms with Gasteiger partial charge in [-0.1, -0.05) is 12.6 Å².